The van der Waals surface area contributed by atoms with Crippen LogP contribution >= 0.6 is 0 Å². The van der Waals surface area contributed by atoms with Gasteiger partial charge in [0.2, 0.25) is 0 Å². The van der Waals surface area contributed by atoms with Gasteiger partial charge in [0.15, 0.2) is 6.61 Å². The number of ether oxygens (including phenoxy) is 2. The van der Waals surface area contributed by atoms with Crippen molar-refractivity contribution in [2.45, 2.75) is 122 Å². The van der Waals surface area contributed by atoms with Crippen LogP contribution < -0.4 is 4.74 Å². The van der Waals surface area contributed by atoms with Crippen molar-refractivity contribution in [1.82, 2.24) is 0 Å². The molecule has 0 saturated heterocycles. The number of carbonyl (C=O) groups is 1. The van der Waals surface area contributed by atoms with Crippen LogP contribution in [0.1, 0.15) is 121 Å². The van der Waals surface area contributed by atoms with Crippen molar-refractivity contribution in [3.05, 3.63) is 29.3 Å². The number of hydrogen-bond acceptors (Lipinski definition) is 3. The minimum atomic E-state index is -0.247. The smallest absolute Gasteiger partial charge is 0.344 e. The van der Waals surface area contributed by atoms with Crippen LogP contribution in [0.25, 0.3) is 0 Å². The lowest BCUT2D eigenvalue weighted by Gasteiger charge is -2.19. The number of hydrogen-bond donors (Lipinski definition) is 0. The Labute approximate surface area is 191 Å². The Bertz CT molecular complexity index is 596. The molecule has 0 radical (unpaired) electrons. The molecule has 0 heterocycles. The molecule has 0 bridgehead atoms. The second-order valence-electron chi connectivity index (χ2n) is 9.21. The summed E-state index contributed by atoms with van der Waals surface area (Å²) in [6, 6.07) is 6.18. The molecule has 31 heavy (non-hydrogen) atoms. The Hall–Kier alpha value is -1.51. The quantitative estimate of drug-likeness (QED) is 0.175. The van der Waals surface area contributed by atoms with E-state index in [1.165, 1.54) is 101 Å². The molecule has 1 aromatic rings. The van der Waals surface area contributed by atoms with Crippen LogP contribution in [0.4, 0.5) is 0 Å². The number of benzene rings is 1. The fourth-order valence-electron chi connectivity index (χ4n) is 4.54. The Kier molecular flexibility index (Phi) is 14.2. The SMILES string of the molecule is CCCCCCCCCCCCCCCCOC(=O)COc1cccc2c1CCCC2. The van der Waals surface area contributed by atoms with E-state index in [1.54, 1.807) is 0 Å². The Balaban J connectivity index is 1.37. The molecular weight excluding hydrogens is 384 g/mol. The summed E-state index contributed by atoms with van der Waals surface area (Å²) in [5.41, 5.74) is 2.66. The van der Waals surface area contributed by atoms with E-state index in [0.717, 1.165) is 31.4 Å². The average molecular weight is 431 g/mol. The second kappa shape index (κ2) is 17.1. The predicted octanol–water partition coefficient (Wildman–Crippen LogP) is 7.97. The first-order valence-corrected chi connectivity index (χ1v) is 13.2. The van der Waals surface area contributed by atoms with Crippen LogP contribution in [-0.2, 0) is 22.4 Å². The summed E-state index contributed by atoms with van der Waals surface area (Å²) in [6.45, 7) is 2.82. The van der Waals surface area contributed by atoms with E-state index < -0.39 is 0 Å². The summed E-state index contributed by atoms with van der Waals surface area (Å²) < 4.78 is 11.1. The Morgan fingerprint density at radius 1 is 0.774 bits per heavy atom. The molecule has 0 atom stereocenters. The maximum Gasteiger partial charge on any atom is 0.344 e. The van der Waals surface area contributed by atoms with Gasteiger partial charge in [-0.1, -0.05) is 103 Å². The van der Waals surface area contributed by atoms with Gasteiger partial charge in [-0.05, 0) is 49.3 Å². The van der Waals surface area contributed by atoms with E-state index in [9.17, 15) is 4.79 Å². The molecule has 3 heteroatoms. The van der Waals surface area contributed by atoms with E-state index >= 15 is 0 Å². The van der Waals surface area contributed by atoms with Crippen LogP contribution in [0, 0.1) is 0 Å². The molecular formula is C28H46O3. The lowest BCUT2D eigenvalue weighted by Crippen LogP contribution is -2.17. The maximum absolute atomic E-state index is 12.0. The van der Waals surface area contributed by atoms with Crippen LogP contribution in [0.15, 0.2) is 18.2 Å². The van der Waals surface area contributed by atoms with Gasteiger partial charge in [0.1, 0.15) is 5.75 Å². The fraction of sp³-hybridized carbons (Fsp3) is 0.750. The van der Waals surface area contributed by atoms with Crippen molar-refractivity contribution in [1.29, 1.82) is 0 Å². The van der Waals surface area contributed by atoms with Crippen LogP contribution in [-0.4, -0.2) is 19.2 Å². The molecule has 2 rings (SSSR count). The monoisotopic (exact) mass is 430 g/mol. The largest absolute Gasteiger partial charge is 0.482 e. The summed E-state index contributed by atoms with van der Waals surface area (Å²) in [5, 5.41) is 0. The highest BCUT2D eigenvalue weighted by atomic mass is 16.6. The third kappa shape index (κ3) is 11.6. The molecule has 0 unspecified atom stereocenters. The summed E-state index contributed by atoms with van der Waals surface area (Å²) in [4.78, 5) is 12.0. The van der Waals surface area contributed by atoms with Crippen molar-refractivity contribution in [2.75, 3.05) is 13.2 Å². The molecule has 0 saturated carbocycles. The summed E-state index contributed by atoms with van der Waals surface area (Å²) >= 11 is 0. The van der Waals surface area contributed by atoms with Crippen molar-refractivity contribution in [3.63, 3.8) is 0 Å². The second-order valence-corrected chi connectivity index (χ2v) is 9.21. The number of fused-ring (bicyclic) bond motifs is 1. The molecule has 0 aliphatic heterocycles. The minimum Gasteiger partial charge on any atom is -0.482 e. The average Bonchev–Trinajstić information content (AvgIpc) is 2.80. The van der Waals surface area contributed by atoms with E-state index in [4.69, 9.17) is 9.47 Å². The van der Waals surface area contributed by atoms with Gasteiger partial charge in [-0.15, -0.1) is 0 Å². The van der Waals surface area contributed by atoms with Crippen LogP contribution in [0.5, 0.6) is 5.75 Å². The third-order valence-electron chi connectivity index (χ3n) is 6.46. The van der Waals surface area contributed by atoms with E-state index in [0.29, 0.717) is 6.61 Å². The highest BCUT2D eigenvalue weighted by Gasteiger charge is 2.14. The Morgan fingerprint density at radius 2 is 1.35 bits per heavy atom. The normalized spacial score (nSPS) is 13.1. The zero-order valence-electron chi connectivity index (χ0n) is 20.1. The number of carbonyl (C=O) groups excluding carboxylic acids is 1. The van der Waals surface area contributed by atoms with E-state index in [2.05, 4.69) is 13.0 Å². The molecule has 0 fully saturated rings. The first-order chi connectivity index (χ1) is 15.3. The zero-order chi connectivity index (χ0) is 22.0. The molecule has 1 aromatic carbocycles. The molecule has 0 aromatic heterocycles. The van der Waals surface area contributed by atoms with E-state index in [-0.39, 0.29) is 12.6 Å². The van der Waals surface area contributed by atoms with Gasteiger partial charge in [-0.2, -0.15) is 0 Å². The standard InChI is InChI=1S/C28H46O3/c1-2-3-4-5-6-7-8-9-10-11-12-13-14-17-23-30-28(29)24-31-27-22-18-20-25-19-15-16-21-26(25)27/h18,20,22H,2-17,19,21,23-24H2,1H3. The van der Waals surface area contributed by atoms with Gasteiger partial charge >= 0.3 is 5.97 Å². The molecule has 0 spiro atoms. The summed E-state index contributed by atoms with van der Waals surface area (Å²) in [7, 11) is 0. The molecule has 1 aliphatic carbocycles. The number of rotatable bonds is 18. The van der Waals surface area contributed by atoms with Crippen molar-refractivity contribution >= 4 is 5.97 Å². The summed E-state index contributed by atoms with van der Waals surface area (Å²) in [5.74, 6) is 0.619. The van der Waals surface area contributed by atoms with Crippen molar-refractivity contribution in [3.8, 4) is 5.75 Å². The number of unbranched alkanes of at least 4 members (excludes halogenated alkanes) is 13. The number of aryl methyl sites for hydroxylation is 1. The molecule has 3 nitrogen and oxygen atoms in total. The lowest BCUT2D eigenvalue weighted by atomic mass is 9.91. The van der Waals surface area contributed by atoms with Crippen LogP contribution in [0.2, 0.25) is 0 Å². The fourth-order valence-corrected chi connectivity index (χ4v) is 4.54. The first kappa shape index (κ1) is 25.7. The maximum atomic E-state index is 12.0. The first-order valence-electron chi connectivity index (χ1n) is 13.2. The lowest BCUT2D eigenvalue weighted by molar-refractivity contribution is -0.146. The Morgan fingerprint density at radius 3 is 2.00 bits per heavy atom. The van der Waals surface area contributed by atoms with Gasteiger partial charge in [0.25, 0.3) is 0 Å². The minimum absolute atomic E-state index is 0.0229. The van der Waals surface area contributed by atoms with Gasteiger partial charge in [-0.25, -0.2) is 4.79 Å². The number of esters is 1. The van der Waals surface area contributed by atoms with Gasteiger partial charge < -0.3 is 9.47 Å². The van der Waals surface area contributed by atoms with Gasteiger partial charge in [-0.3, -0.25) is 0 Å². The van der Waals surface area contributed by atoms with Crippen molar-refractivity contribution < 1.29 is 14.3 Å². The third-order valence-corrected chi connectivity index (χ3v) is 6.46. The predicted molar refractivity (Wildman–Crippen MR) is 130 cm³/mol. The van der Waals surface area contributed by atoms with Crippen molar-refractivity contribution in [2.24, 2.45) is 0 Å². The molecule has 0 N–H and O–H groups in total. The molecule has 1 aliphatic rings. The summed E-state index contributed by atoms with van der Waals surface area (Å²) in [6.07, 6.45) is 23.3. The molecule has 176 valence electrons. The van der Waals surface area contributed by atoms with E-state index in [1.807, 2.05) is 12.1 Å². The zero-order valence-corrected chi connectivity index (χ0v) is 20.1. The van der Waals surface area contributed by atoms with Gasteiger partial charge in [0, 0.05) is 0 Å². The topological polar surface area (TPSA) is 35.5 Å². The molecule has 0 amide bonds. The highest BCUT2D eigenvalue weighted by molar-refractivity contribution is 5.71. The van der Waals surface area contributed by atoms with Crippen LogP contribution in [0.3, 0.4) is 0 Å². The highest BCUT2D eigenvalue weighted by Crippen LogP contribution is 2.29. The van der Waals surface area contributed by atoms with Gasteiger partial charge in [0.05, 0.1) is 6.61 Å².